The highest BCUT2D eigenvalue weighted by molar-refractivity contribution is 7.75. The number of carbonyl (C=O) groups excluding carboxylic acids is 1. The van der Waals surface area contributed by atoms with Crippen molar-refractivity contribution < 1.29 is 18.6 Å². The number of hydrogen-bond acceptors (Lipinski definition) is 5. The number of H-pyrrole nitrogens is 1. The Balaban J connectivity index is 1.83. The summed E-state index contributed by atoms with van der Waals surface area (Å²) in [6.07, 6.45) is 5.61. The number of aromatic nitrogens is 2. The Labute approximate surface area is 206 Å². The predicted octanol–water partition coefficient (Wildman–Crippen LogP) is 3.80. The second kappa shape index (κ2) is 10.2. The molecule has 0 fully saturated rings. The van der Waals surface area contributed by atoms with E-state index in [9.17, 15) is 14.6 Å². The molecule has 2 N–H and O–H groups in total. The molecule has 0 aliphatic heterocycles. The Morgan fingerprint density at radius 2 is 2.11 bits per heavy atom. The summed E-state index contributed by atoms with van der Waals surface area (Å²) in [6, 6.07) is 17.0. The molecule has 10 heteroatoms. The highest BCUT2D eigenvalue weighted by atomic mass is 35.5. The highest BCUT2D eigenvalue weighted by Crippen LogP contribution is 2.47. The Kier molecular flexibility index (Phi) is 7.04. The maximum absolute atomic E-state index is 14.4. The second-order valence-electron chi connectivity index (χ2n) is 7.58. The van der Waals surface area contributed by atoms with E-state index < -0.39 is 13.3 Å². The molecule has 2 aromatic heterocycles. The molecular formula is C25H20ClN4O4P. The maximum Gasteiger partial charge on any atom is 0.268 e. The minimum absolute atomic E-state index is 0.0661. The number of nitrogens with zero attached hydrogens (tertiary/aromatic N) is 2. The van der Waals surface area contributed by atoms with Gasteiger partial charge in [-0.3, -0.25) is 9.36 Å². The number of fused-ring (bicyclic) bond motifs is 1. The van der Waals surface area contributed by atoms with Gasteiger partial charge in [-0.25, -0.2) is 0 Å². The first-order chi connectivity index (χ1) is 16.9. The van der Waals surface area contributed by atoms with Crippen LogP contribution < -0.4 is 20.7 Å². The monoisotopic (exact) mass is 506 g/mol. The van der Waals surface area contributed by atoms with E-state index in [1.165, 1.54) is 25.6 Å². The van der Waals surface area contributed by atoms with Crippen molar-refractivity contribution in [2.24, 2.45) is 0 Å². The zero-order valence-electron chi connectivity index (χ0n) is 18.6. The van der Waals surface area contributed by atoms with Crippen molar-refractivity contribution in [1.82, 2.24) is 10.3 Å². The van der Waals surface area contributed by atoms with Crippen LogP contribution in [0.5, 0.6) is 0 Å². The van der Waals surface area contributed by atoms with Gasteiger partial charge < -0.3 is 20.0 Å². The van der Waals surface area contributed by atoms with E-state index in [1.807, 2.05) is 6.07 Å². The van der Waals surface area contributed by atoms with Crippen molar-refractivity contribution in [3.05, 3.63) is 100 Å². The van der Waals surface area contributed by atoms with Gasteiger partial charge in [0.2, 0.25) is 0 Å². The highest BCUT2D eigenvalue weighted by Gasteiger charge is 2.36. The largest absolute Gasteiger partial charge is 0.619 e. The lowest BCUT2D eigenvalue weighted by molar-refractivity contribution is -0.605. The molecule has 4 aromatic rings. The van der Waals surface area contributed by atoms with Gasteiger partial charge in [-0.15, -0.1) is 0 Å². The minimum Gasteiger partial charge on any atom is -0.619 e. The molecule has 0 bridgehead atoms. The number of allylic oxidation sites excluding steroid dienone is 1. The Morgan fingerprint density at radius 3 is 2.86 bits per heavy atom. The van der Waals surface area contributed by atoms with Crippen LogP contribution in [0.3, 0.4) is 0 Å². The molecule has 8 nitrogen and oxygen atoms in total. The van der Waals surface area contributed by atoms with Crippen molar-refractivity contribution in [2.45, 2.75) is 6.54 Å². The fourth-order valence-electron chi connectivity index (χ4n) is 3.77. The van der Waals surface area contributed by atoms with Crippen LogP contribution in [-0.2, 0) is 15.6 Å². The third-order valence-corrected chi connectivity index (χ3v) is 8.12. The third kappa shape index (κ3) is 4.98. The smallest absolute Gasteiger partial charge is 0.268 e. The lowest BCUT2D eigenvalue weighted by Gasteiger charge is -2.18. The SMILES string of the molecule is COP(=O)(c1cccc(C=CC#N)c1)c1c(C(=O)NCc2ccc[n+]([O-])c2)[nH]c2ccc(Cl)cc12. The van der Waals surface area contributed by atoms with Crippen LogP contribution in [0.2, 0.25) is 5.02 Å². The lowest BCUT2D eigenvalue weighted by Crippen LogP contribution is -2.31. The van der Waals surface area contributed by atoms with Crippen LogP contribution >= 0.6 is 19.0 Å². The average molecular weight is 507 g/mol. The number of halogens is 1. The predicted molar refractivity (Wildman–Crippen MR) is 135 cm³/mol. The van der Waals surface area contributed by atoms with Crippen LogP contribution in [0, 0.1) is 16.5 Å². The van der Waals surface area contributed by atoms with Gasteiger partial charge >= 0.3 is 0 Å². The molecule has 0 radical (unpaired) electrons. The summed E-state index contributed by atoms with van der Waals surface area (Å²) in [7, 11) is -2.48. The summed E-state index contributed by atoms with van der Waals surface area (Å²) in [5.74, 6) is -0.522. The molecule has 1 unspecified atom stereocenters. The van der Waals surface area contributed by atoms with E-state index >= 15 is 0 Å². The first kappa shape index (κ1) is 24.2. The zero-order valence-corrected chi connectivity index (χ0v) is 20.2. The normalized spacial score (nSPS) is 12.9. The number of rotatable bonds is 7. The Morgan fingerprint density at radius 1 is 1.29 bits per heavy atom. The van der Waals surface area contributed by atoms with Crippen LogP contribution in [-0.4, -0.2) is 18.0 Å². The van der Waals surface area contributed by atoms with E-state index in [-0.39, 0.29) is 17.5 Å². The fourth-order valence-corrected chi connectivity index (χ4v) is 6.15. The number of nitrogens with one attached hydrogen (secondary N) is 2. The molecule has 2 aromatic carbocycles. The first-order valence-corrected chi connectivity index (χ1v) is 12.5. The number of pyridine rings is 1. The molecule has 0 spiro atoms. The van der Waals surface area contributed by atoms with E-state index in [4.69, 9.17) is 21.4 Å². The summed E-state index contributed by atoms with van der Waals surface area (Å²) in [4.78, 5) is 16.3. The standard InChI is InChI=1S/C25H20ClN4O4P/c1-34-35(33,20-8-2-5-17(13-20)6-3-11-27)24-21-14-19(26)9-10-22(21)29-23(24)25(31)28-15-18-7-4-12-30(32)16-18/h2-10,12-14,16,29H,15H2,1H3,(H,28,31). The van der Waals surface area contributed by atoms with Crippen molar-refractivity contribution in [3.8, 4) is 6.07 Å². The van der Waals surface area contributed by atoms with Gasteiger partial charge in [-0.05, 0) is 48.0 Å². The van der Waals surface area contributed by atoms with Crippen molar-refractivity contribution in [2.75, 3.05) is 7.11 Å². The molecule has 0 aliphatic carbocycles. The van der Waals surface area contributed by atoms with Crippen molar-refractivity contribution >= 4 is 52.5 Å². The molecule has 2 heterocycles. The number of benzene rings is 2. The molecule has 1 amide bonds. The van der Waals surface area contributed by atoms with Crippen LogP contribution in [0.1, 0.15) is 21.6 Å². The van der Waals surface area contributed by atoms with E-state index in [0.29, 0.717) is 37.1 Å². The fraction of sp³-hybridized carbons (Fsp3) is 0.0800. The number of hydrogen-bond donors (Lipinski definition) is 2. The third-order valence-electron chi connectivity index (χ3n) is 5.36. The van der Waals surface area contributed by atoms with Crippen molar-refractivity contribution in [1.29, 1.82) is 5.26 Å². The van der Waals surface area contributed by atoms with Gasteiger partial charge in [-0.2, -0.15) is 9.99 Å². The summed E-state index contributed by atoms with van der Waals surface area (Å²) in [5, 5.41) is 24.6. The second-order valence-corrected chi connectivity index (χ2v) is 10.5. The van der Waals surface area contributed by atoms with E-state index in [0.717, 1.165) is 0 Å². The number of amides is 1. The zero-order chi connectivity index (χ0) is 25.0. The topological polar surface area (TPSA) is 122 Å². The average Bonchev–Trinajstić information content (AvgIpc) is 3.25. The van der Waals surface area contributed by atoms with Gasteiger partial charge in [0.15, 0.2) is 12.4 Å². The molecule has 35 heavy (non-hydrogen) atoms. The summed E-state index contributed by atoms with van der Waals surface area (Å²) >= 11 is 6.24. The van der Waals surface area contributed by atoms with Crippen molar-refractivity contribution in [3.63, 3.8) is 0 Å². The molecule has 4 rings (SSSR count). The molecule has 176 valence electrons. The van der Waals surface area contributed by atoms with Crippen LogP contribution in [0.15, 0.2) is 73.1 Å². The van der Waals surface area contributed by atoms with Crippen LogP contribution in [0.25, 0.3) is 17.0 Å². The summed E-state index contributed by atoms with van der Waals surface area (Å²) in [6.45, 7) is 0.0865. The van der Waals surface area contributed by atoms with Gasteiger partial charge in [0, 0.05) is 52.6 Å². The Hall–Kier alpha value is -3.89. The van der Waals surface area contributed by atoms with Crippen LogP contribution in [0.4, 0.5) is 0 Å². The first-order valence-electron chi connectivity index (χ1n) is 10.5. The minimum atomic E-state index is -3.80. The molecule has 0 saturated carbocycles. The Bertz CT molecular complexity index is 1540. The van der Waals surface area contributed by atoms with Gasteiger partial charge in [0.05, 0.1) is 11.4 Å². The molecule has 0 saturated heterocycles. The number of nitriles is 1. The van der Waals surface area contributed by atoms with E-state index in [2.05, 4.69) is 10.3 Å². The summed E-state index contributed by atoms with van der Waals surface area (Å²) in [5.41, 5.74) is 1.88. The number of carbonyl (C=O) groups is 1. The van der Waals surface area contributed by atoms with E-state index in [1.54, 1.807) is 60.7 Å². The number of aromatic amines is 1. The van der Waals surface area contributed by atoms with Gasteiger partial charge in [-0.1, -0.05) is 23.7 Å². The molecule has 0 aliphatic rings. The van der Waals surface area contributed by atoms with Gasteiger partial charge in [0.1, 0.15) is 5.69 Å². The van der Waals surface area contributed by atoms with Gasteiger partial charge in [0.25, 0.3) is 13.3 Å². The molecule has 1 atom stereocenters. The molecular weight excluding hydrogens is 487 g/mol. The lowest BCUT2D eigenvalue weighted by atomic mass is 10.2. The quantitative estimate of drug-likeness (QED) is 0.171. The maximum atomic E-state index is 14.4. The summed E-state index contributed by atoms with van der Waals surface area (Å²) < 4.78 is 20.7.